The van der Waals surface area contributed by atoms with Crippen molar-refractivity contribution in [2.45, 2.75) is 0 Å². The van der Waals surface area contributed by atoms with Crippen LogP contribution in [-0.2, 0) is 0 Å². The summed E-state index contributed by atoms with van der Waals surface area (Å²) < 4.78 is 0. The average molecular weight is 350 g/mol. The van der Waals surface area contributed by atoms with Gasteiger partial charge in [-0.25, -0.2) is 0 Å². The Bertz CT molecular complexity index is 1720. The maximum atomic E-state index is 2.35. The highest BCUT2D eigenvalue weighted by atomic mass is 14.3. The number of fused-ring (bicyclic) bond motifs is 6. The highest BCUT2D eigenvalue weighted by Crippen LogP contribution is 2.52. The van der Waals surface area contributed by atoms with E-state index in [4.69, 9.17) is 0 Å². The smallest absolute Gasteiger partial charge is 0.000718 e. The molecule has 0 bridgehead atoms. The molecule has 0 amide bonds. The van der Waals surface area contributed by atoms with Crippen LogP contribution < -0.4 is 0 Å². The third-order valence-corrected chi connectivity index (χ3v) is 6.91. The van der Waals surface area contributed by atoms with Gasteiger partial charge in [0.15, 0.2) is 0 Å². The second-order valence-corrected chi connectivity index (χ2v) is 8.08. The molecule has 0 aliphatic carbocycles. The van der Waals surface area contributed by atoms with Gasteiger partial charge in [-0.3, -0.25) is 0 Å². The third kappa shape index (κ3) is 1.28. The second-order valence-electron chi connectivity index (χ2n) is 8.08. The van der Waals surface area contributed by atoms with Crippen molar-refractivity contribution in [1.82, 2.24) is 0 Å². The monoisotopic (exact) mass is 350 g/mol. The molecule has 0 unspecified atom stereocenters. The molecule has 0 spiro atoms. The van der Waals surface area contributed by atoms with Crippen LogP contribution in [0.1, 0.15) is 0 Å². The van der Waals surface area contributed by atoms with Crippen molar-refractivity contribution in [1.29, 1.82) is 0 Å². The van der Waals surface area contributed by atoms with Gasteiger partial charge < -0.3 is 0 Å². The molecule has 0 fully saturated rings. The van der Waals surface area contributed by atoms with E-state index in [-0.39, 0.29) is 0 Å². The van der Waals surface area contributed by atoms with Gasteiger partial charge >= 0.3 is 0 Å². The molecule has 0 N–H and O–H groups in total. The molecule has 126 valence electrons. The van der Waals surface area contributed by atoms with Crippen LogP contribution in [0, 0.1) is 0 Å². The van der Waals surface area contributed by atoms with E-state index in [9.17, 15) is 0 Å². The molecular formula is C28H14. The lowest BCUT2D eigenvalue weighted by Gasteiger charge is -2.11. The van der Waals surface area contributed by atoms with E-state index < -0.39 is 0 Å². The van der Waals surface area contributed by atoms with E-state index in [0.29, 0.717) is 0 Å². The van der Waals surface area contributed by atoms with Crippen LogP contribution in [0.4, 0.5) is 0 Å². The van der Waals surface area contributed by atoms with Crippen LogP contribution >= 0.6 is 0 Å². The number of hydrogen-bond donors (Lipinski definition) is 0. The molecular weight excluding hydrogens is 336 g/mol. The Kier molecular flexibility index (Phi) is 2.06. The van der Waals surface area contributed by atoms with Crippen LogP contribution in [-0.4, -0.2) is 0 Å². The van der Waals surface area contributed by atoms with Gasteiger partial charge in [0, 0.05) is 0 Å². The molecule has 8 aromatic carbocycles. The van der Waals surface area contributed by atoms with Crippen LogP contribution in [0.15, 0.2) is 84.9 Å². The standard InChI is InChI=1S/C28H14/c1-3-7-18-16(5-1)20-11-9-15-10-12-21-17-6-2-4-8-19(17)23-14-13-22(18)27-25(20)24(15)26(21)28(23)27/h1-14H. The summed E-state index contributed by atoms with van der Waals surface area (Å²) in [6.45, 7) is 0. The zero-order valence-corrected chi connectivity index (χ0v) is 15.1. The largest absolute Gasteiger partial charge is 0.0616 e. The molecule has 0 aliphatic heterocycles. The van der Waals surface area contributed by atoms with E-state index in [1.54, 1.807) is 0 Å². The lowest BCUT2D eigenvalue weighted by molar-refractivity contribution is 1.82. The Hall–Kier alpha value is -3.64. The highest BCUT2D eigenvalue weighted by Gasteiger charge is 2.23. The third-order valence-electron chi connectivity index (χ3n) is 6.91. The van der Waals surface area contributed by atoms with Gasteiger partial charge in [0.1, 0.15) is 0 Å². The molecule has 28 heavy (non-hydrogen) atoms. The molecule has 0 heterocycles. The van der Waals surface area contributed by atoms with Gasteiger partial charge in [0.2, 0.25) is 0 Å². The van der Waals surface area contributed by atoms with Crippen molar-refractivity contribution in [3.63, 3.8) is 0 Å². The molecule has 0 aromatic heterocycles. The van der Waals surface area contributed by atoms with Crippen LogP contribution in [0.25, 0.3) is 75.4 Å². The fourth-order valence-corrected chi connectivity index (χ4v) is 5.86. The lowest BCUT2D eigenvalue weighted by atomic mass is 9.92. The highest BCUT2D eigenvalue weighted by molar-refractivity contribution is 6.51. The van der Waals surface area contributed by atoms with Gasteiger partial charge in [-0.15, -0.1) is 0 Å². The zero-order valence-electron chi connectivity index (χ0n) is 15.1. The number of hydrogen-bond acceptors (Lipinski definition) is 0. The fraction of sp³-hybridized carbons (Fsp3) is 0. The van der Waals surface area contributed by atoms with Crippen molar-refractivity contribution in [3.05, 3.63) is 84.9 Å². The summed E-state index contributed by atoms with van der Waals surface area (Å²) in [6.07, 6.45) is 0. The molecule has 0 aliphatic rings. The maximum Gasteiger partial charge on any atom is -0.000718 e. The van der Waals surface area contributed by atoms with Crippen LogP contribution in [0.2, 0.25) is 0 Å². The Morgan fingerprint density at radius 1 is 0.250 bits per heavy atom. The lowest BCUT2D eigenvalue weighted by Crippen LogP contribution is -1.83. The van der Waals surface area contributed by atoms with E-state index in [1.165, 1.54) is 75.4 Å². The van der Waals surface area contributed by atoms with Gasteiger partial charge in [-0.05, 0) is 75.4 Å². The SMILES string of the molecule is c1ccc2c(c1)c1ccc3ccc4c5ccccc5c5ccc2c2c1c3c4c52. The van der Waals surface area contributed by atoms with Crippen molar-refractivity contribution in [3.8, 4) is 0 Å². The Balaban J connectivity index is 1.93. The van der Waals surface area contributed by atoms with Crippen molar-refractivity contribution in [2.75, 3.05) is 0 Å². The van der Waals surface area contributed by atoms with Gasteiger partial charge in [0.25, 0.3) is 0 Å². The van der Waals surface area contributed by atoms with Crippen molar-refractivity contribution in [2.24, 2.45) is 0 Å². The van der Waals surface area contributed by atoms with Crippen molar-refractivity contribution >= 4 is 75.4 Å². The summed E-state index contributed by atoms with van der Waals surface area (Å²) >= 11 is 0. The fourth-order valence-electron chi connectivity index (χ4n) is 5.86. The summed E-state index contributed by atoms with van der Waals surface area (Å²) in [5.41, 5.74) is 0. The average Bonchev–Trinajstić information content (AvgIpc) is 3.13. The predicted molar refractivity (Wildman–Crippen MR) is 123 cm³/mol. The number of rotatable bonds is 0. The normalized spacial score (nSPS) is 13.0. The van der Waals surface area contributed by atoms with Gasteiger partial charge in [-0.2, -0.15) is 0 Å². The quantitative estimate of drug-likeness (QED) is 0.243. The number of benzene rings is 7. The topological polar surface area (TPSA) is 0 Å². The molecule has 8 aromatic rings. The minimum atomic E-state index is 1.35. The summed E-state index contributed by atoms with van der Waals surface area (Å²) in [5.74, 6) is 0. The first-order chi connectivity index (χ1) is 13.9. The van der Waals surface area contributed by atoms with E-state index in [2.05, 4.69) is 84.9 Å². The molecule has 0 saturated heterocycles. The van der Waals surface area contributed by atoms with Crippen LogP contribution in [0.5, 0.6) is 0 Å². The molecule has 0 atom stereocenters. The predicted octanol–water partition coefficient (Wildman–Crippen LogP) is 8.07. The van der Waals surface area contributed by atoms with E-state index in [1.807, 2.05) is 0 Å². The first-order valence-corrected chi connectivity index (χ1v) is 9.89. The van der Waals surface area contributed by atoms with E-state index in [0.717, 1.165) is 0 Å². The summed E-state index contributed by atoms with van der Waals surface area (Å²) in [6, 6.07) is 31.7. The zero-order chi connectivity index (χ0) is 18.0. The minimum Gasteiger partial charge on any atom is -0.0616 e. The van der Waals surface area contributed by atoms with Gasteiger partial charge in [0.05, 0.1) is 0 Å². The second kappa shape index (κ2) is 4.26. The first-order valence-electron chi connectivity index (χ1n) is 9.89. The Labute approximate surface area is 160 Å². The molecule has 0 nitrogen and oxygen atoms in total. The Morgan fingerprint density at radius 3 is 0.964 bits per heavy atom. The molecule has 0 radical (unpaired) electrons. The minimum absolute atomic E-state index is 1.35. The van der Waals surface area contributed by atoms with E-state index >= 15 is 0 Å². The van der Waals surface area contributed by atoms with Gasteiger partial charge in [-0.1, -0.05) is 84.9 Å². The maximum absolute atomic E-state index is 2.35. The molecule has 0 saturated carbocycles. The molecule has 0 heteroatoms. The first kappa shape index (κ1) is 13.5. The molecule has 8 rings (SSSR count). The summed E-state index contributed by atoms with van der Waals surface area (Å²) in [5, 5.41) is 19.6. The summed E-state index contributed by atoms with van der Waals surface area (Å²) in [4.78, 5) is 0. The van der Waals surface area contributed by atoms with Crippen LogP contribution in [0.3, 0.4) is 0 Å². The Morgan fingerprint density at radius 2 is 0.571 bits per heavy atom. The van der Waals surface area contributed by atoms with Crippen molar-refractivity contribution < 1.29 is 0 Å². The summed E-state index contributed by atoms with van der Waals surface area (Å²) in [7, 11) is 0.